The van der Waals surface area contributed by atoms with Crippen LogP contribution in [0.5, 0.6) is 0 Å². The van der Waals surface area contributed by atoms with Crippen molar-refractivity contribution in [2.24, 2.45) is 12.8 Å². The molecular weight excluding hydrogens is 402 g/mol. The molecule has 2 bridgehead atoms. The SMILES string of the molecule is Cn1c(N2[C@@H]3CC[C@H]2CC(N)C3)nc2[nH]cc(-c3ccc4[nH]ncc4c3Cl)c2c1=O. The number of benzene rings is 1. The van der Waals surface area contributed by atoms with Gasteiger partial charge >= 0.3 is 0 Å². The number of nitrogens with one attached hydrogen (secondary N) is 2. The molecule has 3 atom stereocenters. The highest BCUT2D eigenvalue weighted by Crippen LogP contribution is 2.39. The molecule has 2 aliphatic heterocycles. The van der Waals surface area contributed by atoms with Crippen LogP contribution in [0.25, 0.3) is 33.1 Å². The van der Waals surface area contributed by atoms with E-state index in [0.29, 0.717) is 28.1 Å². The van der Waals surface area contributed by atoms with E-state index in [1.165, 1.54) is 0 Å². The molecule has 9 heteroatoms. The molecule has 3 aromatic heterocycles. The molecule has 154 valence electrons. The molecule has 6 rings (SSSR count). The summed E-state index contributed by atoms with van der Waals surface area (Å²) in [7, 11) is 1.80. The highest BCUT2D eigenvalue weighted by atomic mass is 35.5. The van der Waals surface area contributed by atoms with E-state index in [9.17, 15) is 4.79 Å². The van der Waals surface area contributed by atoms with Crippen LogP contribution >= 0.6 is 11.6 Å². The minimum atomic E-state index is -0.0797. The normalized spacial score (nSPS) is 23.7. The second-order valence-corrected chi connectivity index (χ2v) is 8.86. The molecule has 0 amide bonds. The van der Waals surface area contributed by atoms with Crippen molar-refractivity contribution >= 4 is 39.5 Å². The summed E-state index contributed by atoms with van der Waals surface area (Å²) in [6, 6.07) is 4.76. The number of H-pyrrole nitrogens is 2. The number of aromatic nitrogens is 5. The zero-order valence-electron chi connectivity index (χ0n) is 16.5. The van der Waals surface area contributed by atoms with Crippen molar-refractivity contribution in [1.82, 2.24) is 24.7 Å². The lowest BCUT2D eigenvalue weighted by Gasteiger charge is -2.38. The predicted octanol–water partition coefficient (Wildman–Crippen LogP) is 2.92. The lowest BCUT2D eigenvalue weighted by Crippen LogP contribution is -2.49. The van der Waals surface area contributed by atoms with E-state index in [4.69, 9.17) is 22.3 Å². The molecule has 2 saturated heterocycles. The Balaban J connectivity index is 1.52. The van der Waals surface area contributed by atoms with Crippen LogP contribution in [0, 0.1) is 0 Å². The highest BCUT2D eigenvalue weighted by molar-refractivity contribution is 6.38. The Hall–Kier alpha value is -2.84. The molecule has 1 aromatic carbocycles. The van der Waals surface area contributed by atoms with E-state index < -0.39 is 0 Å². The minimum Gasteiger partial charge on any atom is -0.345 e. The van der Waals surface area contributed by atoms with Crippen LogP contribution in [-0.2, 0) is 7.05 Å². The van der Waals surface area contributed by atoms with Gasteiger partial charge < -0.3 is 15.6 Å². The van der Waals surface area contributed by atoms with Crippen LogP contribution in [0.2, 0.25) is 5.02 Å². The van der Waals surface area contributed by atoms with Gasteiger partial charge in [0.2, 0.25) is 5.95 Å². The predicted molar refractivity (Wildman–Crippen MR) is 118 cm³/mol. The molecule has 5 heterocycles. The number of piperidine rings is 1. The van der Waals surface area contributed by atoms with Gasteiger partial charge in [0.1, 0.15) is 5.65 Å². The van der Waals surface area contributed by atoms with Gasteiger partial charge in [0.05, 0.1) is 22.1 Å². The van der Waals surface area contributed by atoms with Crippen LogP contribution in [0.15, 0.2) is 29.3 Å². The average molecular weight is 424 g/mol. The number of halogens is 1. The number of fused-ring (bicyclic) bond motifs is 4. The molecule has 8 nitrogen and oxygen atoms in total. The van der Waals surface area contributed by atoms with Gasteiger partial charge in [0, 0.05) is 47.9 Å². The largest absolute Gasteiger partial charge is 0.345 e. The summed E-state index contributed by atoms with van der Waals surface area (Å²) in [5.41, 5.74) is 9.12. The maximum atomic E-state index is 13.5. The Labute approximate surface area is 177 Å². The molecule has 1 unspecified atom stereocenters. The van der Waals surface area contributed by atoms with Gasteiger partial charge in [-0.2, -0.15) is 10.1 Å². The first-order valence-corrected chi connectivity index (χ1v) is 10.6. The maximum Gasteiger partial charge on any atom is 0.264 e. The molecule has 0 aliphatic carbocycles. The second kappa shape index (κ2) is 6.33. The third-order valence-electron chi connectivity index (χ3n) is 6.74. The number of nitrogens with zero attached hydrogens (tertiary/aromatic N) is 4. The smallest absolute Gasteiger partial charge is 0.264 e. The fourth-order valence-electron chi connectivity index (χ4n) is 5.33. The maximum absolute atomic E-state index is 13.5. The van der Waals surface area contributed by atoms with Crippen molar-refractivity contribution in [3.8, 4) is 11.1 Å². The van der Waals surface area contributed by atoms with Crippen molar-refractivity contribution in [2.45, 2.75) is 43.8 Å². The van der Waals surface area contributed by atoms with E-state index in [0.717, 1.165) is 53.7 Å². The molecular formula is C21H22ClN7O. The van der Waals surface area contributed by atoms with Crippen LogP contribution < -0.4 is 16.2 Å². The van der Waals surface area contributed by atoms with Gasteiger partial charge in [-0.05, 0) is 31.7 Å². The van der Waals surface area contributed by atoms with Crippen LogP contribution in [-0.4, -0.2) is 42.9 Å². The van der Waals surface area contributed by atoms with E-state index >= 15 is 0 Å². The monoisotopic (exact) mass is 423 g/mol. The fraction of sp³-hybridized carbons (Fsp3) is 0.381. The molecule has 0 spiro atoms. The summed E-state index contributed by atoms with van der Waals surface area (Å²) < 4.78 is 1.67. The van der Waals surface area contributed by atoms with Crippen molar-refractivity contribution in [3.05, 3.63) is 39.9 Å². The fourth-order valence-corrected chi connectivity index (χ4v) is 5.65. The number of aromatic amines is 2. The van der Waals surface area contributed by atoms with Gasteiger partial charge in [-0.15, -0.1) is 0 Å². The Morgan fingerprint density at radius 2 is 1.97 bits per heavy atom. The van der Waals surface area contributed by atoms with E-state index in [2.05, 4.69) is 20.1 Å². The van der Waals surface area contributed by atoms with E-state index in [1.54, 1.807) is 17.8 Å². The lowest BCUT2D eigenvalue weighted by molar-refractivity contribution is 0.405. The van der Waals surface area contributed by atoms with Crippen LogP contribution in [0.3, 0.4) is 0 Å². The quantitative estimate of drug-likeness (QED) is 0.459. The average Bonchev–Trinajstić information content (AvgIpc) is 3.42. The summed E-state index contributed by atoms with van der Waals surface area (Å²) in [6.07, 6.45) is 7.60. The number of hydrogen-bond acceptors (Lipinski definition) is 5. The molecule has 2 aliphatic rings. The van der Waals surface area contributed by atoms with Crippen molar-refractivity contribution in [3.63, 3.8) is 0 Å². The molecule has 0 radical (unpaired) electrons. The van der Waals surface area contributed by atoms with Crippen LogP contribution in [0.4, 0.5) is 5.95 Å². The number of rotatable bonds is 2. The molecule has 0 saturated carbocycles. The number of hydrogen-bond donors (Lipinski definition) is 3. The van der Waals surface area contributed by atoms with Crippen molar-refractivity contribution in [1.29, 1.82) is 0 Å². The number of nitrogens with two attached hydrogens (primary N) is 1. The summed E-state index contributed by atoms with van der Waals surface area (Å²) in [4.78, 5) is 23.9. The Kier molecular flexibility index (Phi) is 3.79. The summed E-state index contributed by atoms with van der Waals surface area (Å²) in [6.45, 7) is 0. The first kappa shape index (κ1) is 18.0. The third-order valence-corrected chi connectivity index (χ3v) is 7.15. The minimum absolute atomic E-state index is 0.0797. The first-order chi connectivity index (χ1) is 14.5. The summed E-state index contributed by atoms with van der Waals surface area (Å²) in [5.74, 6) is 0.719. The zero-order chi connectivity index (χ0) is 20.6. The van der Waals surface area contributed by atoms with Gasteiger partial charge in [-0.3, -0.25) is 14.5 Å². The molecule has 30 heavy (non-hydrogen) atoms. The first-order valence-electron chi connectivity index (χ1n) is 10.3. The lowest BCUT2D eigenvalue weighted by atomic mass is 9.98. The Morgan fingerprint density at radius 1 is 1.20 bits per heavy atom. The Bertz CT molecular complexity index is 1340. The van der Waals surface area contributed by atoms with Gasteiger partial charge in [-0.1, -0.05) is 17.7 Å². The van der Waals surface area contributed by atoms with E-state index in [-0.39, 0.29) is 11.6 Å². The topological polar surface area (TPSA) is 109 Å². The molecule has 4 N–H and O–H groups in total. The zero-order valence-corrected chi connectivity index (χ0v) is 17.3. The third kappa shape index (κ3) is 2.40. The summed E-state index contributed by atoms with van der Waals surface area (Å²) in [5, 5.41) is 8.91. The molecule has 2 fully saturated rings. The van der Waals surface area contributed by atoms with Crippen LogP contribution in [0.1, 0.15) is 25.7 Å². The van der Waals surface area contributed by atoms with E-state index in [1.807, 2.05) is 18.3 Å². The van der Waals surface area contributed by atoms with Gasteiger partial charge in [0.25, 0.3) is 5.56 Å². The van der Waals surface area contributed by atoms with Gasteiger partial charge in [-0.25, -0.2) is 0 Å². The second-order valence-electron chi connectivity index (χ2n) is 8.48. The molecule has 4 aromatic rings. The van der Waals surface area contributed by atoms with Crippen molar-refractivity contribution in [2.75, 3.05) is 4.90 Å². The van der Waals surface area contributed by atoms with Gasteiger partial charge in [0.15, 0.2) is 0 Å². The highest BCUT2D eigenvalue weighted by Gasteiger charge is 2.41. The van der Waals surface area contributed by atoms with Crippen molar-refractivity contribution < 1.29 is 0 Å². The summed E-state index contributed by atoms with van der Waals surface area (Å²) >= 11 is 6.66. The Morgan fingerprint density at radius 3 is 2.73 bits per heavy atom. The standard InChI is InChI=1S/C21H22ClN7O/c1-28-20(30)17-14(13-4-5-16-15(18(13)22)9-25-27-16)8-24-19(17)26-21(28)29-11-2-3-12(29)7-10(23)6-11/h4-5,8-12,24H,2-3,6-7,23H2,1H3,(H,25,27)/t10?,11-,12+. The number of anilines is 1.